The van der Waals surface area contributed by atoms with Crippen LogP contribution in [0.5, 0.6) is 0 Å². The Morgan fingerprint density at radius 2 is 2.00 bits per heavy atom. The van der Waals surface area contributed by atoms with Gasteiger partial charge in [-0.3, -0.25) is 4.90 Å². The minimum absolute atomic E-state index is 0.206. The van der Waals surface area contributed by atoms with E-state index in [1.54, 1.807) is 0 Å². The molecule has 2 rings (SSSR count). The number of benzene rings is 1. The fraction of sp³-hybridized carbons (Fsp3) is 0.667. The molecule has 0 heterocycles. The van der Waals surface area contributed by atoms with Gasteiger partial charge in [0, 0.05) is 18.6 Å². The molecule has 1 fully saturated rings. The second-order valence-electron chi connectivity index (χ2n) is 6.66. The molecule has 0 spiro atoms. The lowest BCUT2D eigenvalue weighted by atomic mass is 9.93. The number of nitrogens with two attached hydrogens (primary N) is 1. The quantitative estimate of drug-likeness (QED) is 0.817. The van der Waals surface area contributed by atoms with Crippen LogP contribution in [-0.2, 0) is 0 Å². The lowest BCUT2D eigenvalue weighted by Crippen LogP contribution is -2.45. The van der Waals surface area contributed by atoms with Crippen LogP contribution in [0.15, 0.2) is 24.3 Å². The van der Waals surface area contributed by atoms with Gasteiger partial charge >= 0.3 is 0 Å². The Balaban J connectivity index is 2.28. The molecule has 2 unspecified atom stereocenters. The molecule has 112 valence electrons. The average Bonchev–Trinajstić information content (AvgIpc) is 3.21. The van der Waals surface area contributed by atoms with Gasteiger partial charge in [-0.1, -0.05) is 36.8 Å². The van der Waals surface area contributed by atoms with Gasteiger partial charge in [-0.2, -0.15) is 0 Å². The average molecular weight is 274 g/mol. The summed E-state index contributed by atoms with van der Waals surface area (Å²) in [7, 11) is 0. The number of hydrogen-bond donors (Lipinski definition) is 1. The van der Waals surface area contributed by atoms with Gasteiger partial charge < -0.3 is 5.73 Å². The smallest absolute Gasteiger partial charge is 0.0501 e. The van der Waals surface area contributed by atoms with E-state index in [-0.39, 0.29) is 6.04 Å². The van der Waals surface area contributed by atoms with E-state index >= 15 is 0 Å². The van der Waals surface area contributed by atoms with Crippen molar-refractivity contribution in [3.05, 3.63) is 35.4 Å². The van der Waals surface area contributed by atoms with E-state index in [0.717, 1.165) is 12.3 Å². The molecule has 2 N–H and O–H groups in total. The van der Waals surface area contributed by atoms with Crippen molar-refractivity contribution in [1.29, 1.82) is 0 Å². The van der Waals surface area contributed by atoms with Gasteiger partial charge in [0.25, 0.3) is 0 Å². The maximum Gasteiger partial charge on any atom is 0.0501 e. The van der Waals surface area contributed by atoms with Gasteiger partial charge in [0.15, 0.2) is 0 Å². The zero-order valence-electron chi connectivity index (χ0n) is 13.5. The summed E-state index contributed by atoms with van der Waals surface area (Å²) in [4.78, 5) is 2.63. The Kier molecular flexibility index (Phi) is 5.22. The summed E-state index contributed by atoms with van der Waals surface area (Å²) in [5, 5.41) is 0. The first-order chi connectivity index (χ1) is 9.52. The zero-order valence-corrected chi connectivity index (χ0v) is 13.5. The molecule has 1 aromatic rings. The highest BCUT2D eigenvalue weighted by Crippen LogP contribution is 2.35. The standard InChI is InChI=1S/C18H30N2/c1-5-17(19)18(16-8-6-7-14(4)11-16)20(13(2)3)12-15-9-10-15/h6-8,11,13,15,17-18H,5,9-10,12,19H2,1-4H3. The molecule has 0 radical (unpaired) electrons. The molecule has 1 aromatic carbocycles. The molecular formula is C18H30N2. The van der Waals surface area contributed by atoms with Crippen LogP contribution in [0.1, 0.15) is 57.2 Å². The predicted molar refractivity (Wildman–Crippen MR) is 86.8 cm³/mol. The third-order valence-electron chi connectivity index (χ3n) is 4.45. The first-order valence-electron chi connectivity index (χ1n) is 8.10. The van der Waals surface area contributed by atoms with E-state index in [2.05, 4.69) is 56.9 Å². The summed E-state index contributed by atoms with van der Waals surface area (Å²) in [6, 6.07) is 9.98. The number of hydrogen-bond acceptors (Lipinski definition) is 2. The van der Waals surface area contributed by atoms with Gasteiger partial charge in [-0.25, -0.2) is 0 Å². The minimum Gasteiger partial charge on any atom is -0.326 e. The van der Waals surface area contributed by atoms with Crippen LogP contribution in [0.3, 0.4) is 0 Å². The molecule has 0 bridgehead atoms. The normalized spacial score (nSPS) is 18.6. The lowest BCUT2D eigenvalue weighted by molar-refractivity contribution is 0.123. The molecule has 20 heavy (non-hydrogen) atoms. The first kappa shape index (κ1) is 15.5. The summed E-state index contributed by atoms with van der Waals surface area (Å²) >= 11 is 0. The molecule has 0 saturated heterocycles. The van der Waals surface area contributed by atoms with E-state index in [1.165, 1.54) is 30.5 Å². The van der Waals surface area contributed by atoms with E-state index < -0.39 is 0 Å². The summed E-state index contributed by atoms with van der Waals surface area (Å²) < 4.78 is 0. The van der Waals surface area contributed by atoms with Crippen LogP contribution in [0.2, 0.25) is 0 Å². The summed E-state index contributed by atoms with van der Waals surface area (Å²) in [5.41, 5.74) is 9.20. The molecule has 1 aliphatic rings. The molecule has 2 heteroatoms. The number of rotatable bonds is 7. The third kappa shape index (κ3) is 3.83. The molecule has 2 nitrogen and oxygen atoms in total. The monoisotopic (exact) mass is 274 g/mol. The van der Waals surface area contributed by atoms with Gasteiger partial charge in [-0.05, 0) is 51.5 Å². The number of aryl methyl sites for hydroxylation is 1. The Morgan fingerprint density at radius 1 is 1.30 bits per heavy atom. The SMILES string of the molecule is CCC(N)C(c1cccc(C)c1)N(CC1CC1)C(C)C. The van der Waals surface area contributed by atoms with Gasteiger partial charge in [0.05, 0.1) is 6.04 Å². The minimum atomic E-state index is 0.206. The Morgan fingerprint density at radius 3 is 2.50 bits per heavy atom. The van der Waals surface area contributed by atoms with Gasteiger partial charge in [0.1, 0.15) is 0 Å². The molecule has 2 atom stereocenters. The maximum absolute atomic E-state index is 6.49. The molecule has 0 amide bonds. The highest BCUT2D eigenvalue weighted by atomic mass is 15.2. The third-order valence-corrected chi connectivity index (χ3v) is 4.45. The predicted octanol–water partition coefficient (Wildman–Crippen LogP) is 3.89. The van der Waals surface area contributed by atoms with Gasteiger partial charge in [0.2, 0.25) is 0 Å². The van der Waals surface area contributed by atoms with Crippen LogP contribution < -0.4 is 5.73 Å². The molecule has 0 aromatic heterocycles. The van der Waals surface area contributed by atoms with Crippen LogP contribution in [0.4, 0.5) is 0 Å². The van der Waals surface area contributed by atoms with E-state index in [4.69, 9.17) is 5.73 Å². The molecule has 1 aliphatic carbocycles. The van der Waals surface area contributed by atoms with Crippen LogP contribution in [-0.4, -0.2) is 23.5 Å². The second-order valence-corrected chi connectivity index (χ2v) is 6.66. The number of nitrogens with zero attached hydrogens (tertiary/aromatic N) is 1. The maximum atomic E-state index is 6.49. The van der Waals surface area contributed by atoms with Crippen molar-refractivity contribution in [3.63, 3.8) is 0 Å². The fourth-order valence-electron chi connectivity index (χ4n) is 3.01. The topological polar surface area (TPSA) is 29.3 Å². The van der Waals surface area contributed by atoms with Gasteiger partial charge in [-0.15, -0.1) is 0 Å². The molecule has 0 aliphatic heterocycles. The van der Waals surface area contributed by atoms with Crippen LogP contribution >= 0.6 is 0 Å². The van der Waals surface area contributed by atoms with E-state index in [1.807, 2.05) is 0 Å². The largest absolute Gasteiger partial charge is 0.326 e. The highest BCUT2D eigenvalue weighted by Gasteiger charge is 2.32. The van der Waals surface area contributed by atoms with Crippen molar-refractivity contribution >= 4 is 0 Å². The van der Waals surface area contributed by atoms with Crippen molar-refractivity contribution in [2.45, 2.75) is 65.1 Å². The van der Waals surface area contributed by atoms with Crippen LogP contribution in [0.25, 0.3) is 0 Å². The van der Waals surface area contributed by atoms with Crippen molar-refractivity contribution < 1.29 is 0 Å². The lowest BCUT2D eigenvalue weighted by Gasteiger charge is -2.39. The summed E-state index contributed by atoms with van der Waals surface area (Å²) in [6.07, 6.45) is 3.81. The van der Waals surface area contributed by atoms with Crippen molar-refractivity contribution in [2.24, 2.45) is 11.7 Å². The first-order valence-corrected chi connectivity index (χ1v) is 8.10. The summed E-state index contributed by atoms with van der Waals surface area (Å²) in [6.45, 7) is 10.2. The van der Waals surface area contributed by atoms with Crippen molar-refractivity contribution in [3.8, 4) is 0 Å². The van der Waals surface area contributed by atoms with Crippen molar-refractivity contribution in [2.75, 3.05) is 6.54 Å². The molecule has 1 saturated carbocycles. The Hall–Kier alpha value is -0.860. The zero-order chi connectivity index (χ0) is 14.7. The Bertz CT molecular complexity index is 423. The summed E-state index contributed by atoms with van der Waals surface area (Å²) in [5.74, 6) is 0.897. The fourth-order valence-corrected chi connectivity index (χ4v) is 3.01. The highest BCUT2D eigenvalue weighted by molar-refractivity contribution is 5.26. The second kappa shape index (κ2) is 6.73. The van der Waals surface area contributed by atoms with Crippen molar-refractivity contribution in [1.82, 2.24) is 4.90 Å². The molecular weight excluding hydrogens is 244 g/mol. The van der Waals surface area contributed by atoms with E-state index in [9.17, 15) is 0 Å². The van der Waals surface area contributed by atoms with Crippen LogP contribution in [0, 0.1) is 12.8 Å². The Labute approximate surface area is 124 Å². The van der Waals surface area contributed by atoms with E-state index in [0.29, 0.717) is 12.1 Å².